The van der Waals surface area contributed by atoms with Gasteiger partial charge in [-0.2, -0.15) is 0 Å². The Morgan fingerprint density at radius 3 is 3.09 bits per heavy atom. The summed E-state index contributed by atoms with van der Waals surface area (Å²) >= 11 is 3.33. The molecule has 1 heterocycles. The van der Waals surface area contributed by atoms with Gasteiger partial charge >= 0.3 is 0 Å². The number of aliphatic hydroxyl groups excluding tert-OH is 1. The van der Waals surface area contributed by atoms with E-state index in [9.17, 15) is 5.11 Å². The van der Waals surface area contributed by atoms with Gasteiger partial charge in [0.2, 0.25) is 6.29 Å². The number of hydrogen-bond donors (Lipinski definition) is 1. The molecule has 0 aromatic carbocycles. The van der Waals surface area contributed by atoms with Gasteiger partial charge < -0.3 is 9.84 Å². The monoisotopic (exact) mass is 218 g/mol. The highest BCUT2D eigenvalue weighted by Crippen LogP contribution is 2.16. The van der Waals surface area contributed by atoms with Crippen LogP contribution in [0.25, 0.3) is 0 Å². The number of halogens is 1. The first kappa shape index (κ1) is 8.81. The Hall–Kier alpha value is -0.280. The van der Waals surface area contributed by atoms with Crippen molar-refractivity contribution in [3.8, 4) is 0 Å². The van der Waals surface area contributed by atoms with E-state index in [1.54, 1.807) is 6.08 Å². The first-order chi connectivity index (χ1) is 5.34. The van der Waals surface area contributed by atoms with Gasteiger partial charge in [-0.1, -0.05) is 22.0 Å². The van der Waals surface area contributed by atoms with Gasteiger partial charge in [-0.05, 0) is 24.5 Å². The molecular formula is C8H11BrO2. The van der Waals surface area contributed by atoms with Gasteiger partial charge in [0, 0.05) is 5.33 Å². The van der Waals surface area contributed by atoms with Gasteiger partial charge in [0.1, 0.15) is 0 Å². The highest BCUT2D eigenvalue weighted by atomic mass is 79.9. The molecule has 1 N–H and O–H groups in total. The van der Waals surface area contributed by atoms with E-state index in [0.29, 0.717) is 0 Å². The molecule has 62 valence electrons. The van der Waals surface area contributed by atoms with Crippen LogP contribution in [0.15, 0.2) is 24.0 Å². The van der Waals surface area contributed by atoms with Gasteiger partial charge in [-0.15, -0.1) is 0 Å². The summed E-state index contributed by atoms with van der Waals surface area (Å²) in [6.07, 6.45) is 6.39. The van der Waals surface area contributed by atoms with Crippen LogP contribution in [0.5, 0.6) is 0 Å². The lowest BCUT2D eigenvalue weighted by molar-refractivity contribution is -0.0254. The minimum absolute atomic E-state index is 0.723. The van der Waals surface area contributed by atoms with Crippen molar-refractivity contribution in [2.75, 3.05) is 5.33 Å². The summed E-state index contributed by atoms with van der Waals surface area (Å²) in [4.78, 5) is 0. The average molecular weight is 219 g/mol. The Kier molecular flexibility index (Phi) is 3.66. The fourth-order valence-corrected chi connectivity index (χ4v) is 1.21. The molecule has 1 atom stereocenters. The second kappa shape index (κ2) is 4.57. The van der Waals surface area contributed by atoms with Crippen LogP contribution in [0.4, 0.5) is 0 Å². The van der Waals surface area contributed by atoms with Crippen LogP contribution in [-0.4, -0.2) is 16.7 Å². The fraction of sp³-hybridized carbons (Fsp3) is 0.500. The molecule has 1 unspecified atom stereocenters. The van der Waals surface area contributed by atoms with Crippen molar-refractivity contribution in [3.05, 3.63) is 24.0 Å². The summed E-state index contributed by atoms with van der Waals surface area (Å²) in [5.41, 5.74) is 0.951. The molecule has 1 rings (SSSR count). The molecule has 0 radical (unpaired) electrons. The second-order valence-corrected chi connectivity index (χ2v) is 3.14. The third-order valence-electron chi connectivity index (χ3n) is 1.51. The maximum absolute atomic E-state index is 9.24. The zero-order valence-electron chi connectivity index (χ0n) is 6.16. The number of alkyl halides is 1. The van der Waals surface area contributed by atoms with E-state index >= 15 is 0 Å². The first-order valence-corrected chi connectivity index (χ1v) is 4.72. The fourth-order valence-electron chi connectivity index (χ4n) is 0.930. The quantitative estimate of drug-likeness (QED) is 0.735. The second-order valence-electron chi connectivity index (χ2n) is 2.35. The van der Waals surface area contributed by atoms with Crippen molar-refractivity contribution in [3.63, 3.8) is 0 Å². The molecule has 0 saturated carbocycles. The molecule has 0 bridgehead atoms. The molecule has 0 aromatic rings. The molecule has 0 aromatic heterocycles. The van der Waals surface area contributed by atoms with Gasteiger partial charge in [-0.3, -0.25) is 0 Å². The lowest BCUT2D eigenvalue weighted by Gasteiger charge is -2.16. The predicted octanol–water partition coefficient (Wildman–Crippen LogP) is 1.95. The highest BCUT2D eigenvalue weighted by molar-refractivity contribution is 9.09. The smallest absolute Gasteiger partial charge is 0.219 e. The Bertz CT molecular complexity index is 175. The summed E-state index contributed by atoms with van der Waals surface area (Å²) < 4.78 is 4.88. The Morgan fingerprint density at radius 1 is 1.64 bits per heavy atom. The Morgan fingerprint density at radius 2 is 2.45 bits per heavy atom. The summed E-state index contributed by atoms with van der Waals surface area (Å²) in [6, 6.07) is 0. The lowest BCUT2D eigenvalue weighted by atomic mass is 10.1. The number of aliphatic hydroxyl groups is 1. The number of hydrogen-bond acceptors (Lipinski definition) is 2. The molecule has 1 aliphatic heterocycles. The minimum atomic E-state index is -0.723. The van der Waals surface area contributed by atoms with Crippen LogP contribution < -0.4 is 0 Å². The molecular weight excluding hydrogens is 208 g/mol. The number of rotatable bonds is 3. The van der Waals surface area contributed by atoms with Gasteiger partial charge in [0.05, 0.1) is 6.26 Å². The lowest BCUT2D eigenvalue weighted by Crippen LogP contribution is -2.14. The molecule has 2 nitrogen and oxygen atoms in total. The third-order valence-corrected chi connectivity index (χ3v) is 2.07. The summed E-state index contributed by atoms with van der Waals surface area (Å²) in [5, 5.41) is 10.2. The average Bonchev–Trinajstić information content (AvgIpc) is 2.03. The molecule has 0 aliphatic carbocycles. The molecule has 1 aliphatic rings. The van der Waals surface area contributed by atoms with Crippen molar-refractivity contribution < 1.29 is 9.84 Å². The van der Waals surface area contributed by atoms with Crippen LogP contribution in [0, 0.1) is 0 Å². The standard InChI is InChI=1S/C8H11BrO2/c9-5-1-3-7-4-2-6-11-8(7)10/h2,4,6,8,10H,1,3,5H2. The van der Waals surface area contributed by atoms with Crippen LogP contribution in [0.1, 0.15) is 12.8 Å². The van der Waals surface area contributed by atoms with Gasteiger partial charge in [0.15, 0.2) is 0 Å². The Balaban J connectivity index is 2.40. The minimum Gasteiger partial charge on any atom is -0.469 e. The van der Waals surface area contributed by atoms with Crippen molar-refractivity contribution in [2.24, 2.45) is 0 Å². The predicted molar refractivity (Wildman–Crippen MR) is 47.3 cm³/mol. The van der Waals surface area contributed by atoms with Crippen LogP contribution in [0.2, 0.25) is 0 Å². The molecule has 3 heteroatoms. The van der Waals surface area contributed by atoms with E-state index in [4.69, 9.17) is 4.74 Å². The van der Waals surface area contributed by atoms with Crippen molar-refractivity contribution in [1.29, 1.82) is 0 Å². The maximum atomic E-state index is 9.24. The van der Waals surface area contributed by atoms with Crippen LogP contribution in [-0.2, 0) is 4.74 Å². The molecule has 11 heavy (non-hydrogen) atoms. The SMILES string of the molecule is OC1OC=CC=C1CCCBr. The molecule has 0 saturated heterocycles. The third kappa shape index (κ3) is 2.67. The molecule has 0 spiro atoms. The maximum Gasteiger partial charge on any atom is 0.219 e. The molecule has 0 amide bonds. The van der Waals surface area contributed by atoms with E-state index in [1.165, 1.54) is 6.26 Å². The van der Waals surface area contributed by atoms with Gasteiger partial charge in [-0.25, -0.2) is 0 Å². The summed E-state index contributed by atoms with van der Waals surface area (Å²) in [7, 11) is 0. The largest absolute Gasteiger partial charge is 0.469 e. The van der Waals surface area contributed by atoms with Crippen LogP contribution in [0.3, 0.4) is 0 Å². The first-order valence-electron chi connectivity index (χ1n) is 3.59. The number of allylic oxidation sites excluding steroid dienone is 2. The summed E-state index contributed by atoms with van der Waals surface area (Å²) in [5.74, 6) is 0. The van der Waals surface area contributed by atoms with Crippen molar-refractivity contribution in [2.45, 2.75) is 19.1 Å². The highest BCUT2D eigenvalue weighted by Gasteiger charge is 2.11. The normalized spacial score (nSPS) is 22.7. The van der Waals surface area contributed by atoms with E-state index < -0.39 is 6.29 Å². The van der Waals surface area contributed by atoms with Crippen LogP contribution >= 0.6 is 15.9 Å². The zero-order chi connectivity index (χ0) is 8.10. The molecule has 0 fully saturated rings. The van der Waals surface area contributed by atoms with Crippen molar-refractivity contribution >= 4 is 15.9 Å². The van der Waals surface area contributed by atoms with E-state index in [1.807, 2.05) is 6.08 Å². The zero-order valence-corrected chi connectivity index (χ0v) is 7.75. The van der Waals surface area contributed by atoms with E-state index in [2.05, 4.69) is 15.9 Å². The summed E-state index contributed by atoms with van der Waals surface area (Å²) in [6.45, 7) is 0. The van der Waals surface area contributed by atoms with Gasteiger partial charge in [0.25, 0.3) is 0 Å². The number of ether oxygens (including phenoxy) is 1. The van der Waals surface area contributed by atoms with E-state index in [-0.39, 0.29) is 0 Å². The Labute approximate surface area is 74.7 Å². The van der Waals surface area contributed by atoms with E-state index in [0.717, 1.165) is 23.7 Å². The topological polar surface area (TPSA) is 29.5 Å². The van der Waals surface area contributed by atoms with Crippen molar-refractivity contribution in [1.82, 2.24) is 0 Å².